The fourth-order valence-electron chi connectivity index (χ4n) is 2.20. The van der Waals surface area contributed by atoms with Crippen LogP contribution in [0.5, 0.6) is 0 Å². The number of sulfonamides is 1. The molecule has 1 aromatic rings. The van der Waals surface area contributed by atoms with E-state index in [1.165, 1.54) is 22.7 Å². The summed E-state index contributed by atoms with van der Waals surface area (Å²) < 4.78 is 31.9. The van der Waals surface area contributed by atoms with Gasteiger partial charge in [0.2, 0.25) is 10.0 Å². The second kappa shape index (κ2) is 7.60. The van der Waals surface area contributed by atoms with Gasteiger partial charge in [-0.15, -0.1) is 11.3 Å². The van der Waals surface area contributed by atoms with Crippen LogP contribution in [-0.4, -0.2) is 62.1 Å². The van der Waals surface area contributed by atoms with Crippen molar-refractivity contribution in [1.82, 2.24) is 9.62 Å². The molecule has 2 heterocycles. The van der Waals surface area contributed by atoms with Crippen molar-refractivity contribution < 1.29 is 27.9 Å². The van der Waals surface area contributed by atoms with Crippen LogP contribution in [0.3, 0.4) is 0 Å². The van der Waals surface area contributed by atoms with Gasteiger partial charge in [-0.2, -0.15) is 4.31 Å². The average Bonchev–Trinajstić information content (AvgIpc) is 3.05. The first-order valence-electron chi connectivity index (χ1n) is 7.44. The summed E-state index contributed by atoms with van der Waals surface area (Å²) in [6.45, 7) is 4.17. The van der Waals surface area contributed by atoms with E-state index >= 15 is 0 Å². The van der Waals surface area contributed by atoms with E-state index in [4.69, 9.17) is 9.84 Å². The lowest BCUT2D eigenvalue weighted by molar-refractivity contribution is -0.141. The highest BCUT2D eigenvalue weighted by molar-refractivity contribution is 7.89. The van der Waals surface area contributed by atoms with Gasteiger partial charge < -0.3 is 15.2 Å². The molecule has 0 saturated carbocycles. The fraction of sp³-hybridized carbons (Fsp3) is 0.571. The summed E-state index contributed by atoms with van der Waals surface area (Å²) in [5.74, 6) is -2.40. The van der Waals surface area contributed by atoms with E-state index in [1.54, 1.807) is 6.92 Å². The van der Waals surface area contributed by atoms with Gasteiger partial charge >= 0.3 is 5.97 Å². The molecule has 0 aliphatic carbocycles. The number of carboxylic acid groups (broad SMARTS) is 1. The Morgan fingerprint density at radius 2 is 1.96 bits per heavy atom. The molecule has 1 aromatic heterocycles. The Morgan fingerprint density at radius 3 is 2.54 bits per heavy atom. The molecule has 2 unspecified atom stereocenters. The second-order valence-corrected chi connectivity index (χ2v) is 8.34. The summed E-state index contributed by atoms with van der Waals surface area (Å²) in [7, 11) is -3.78. The number of carboxylic acids is 1. The fourth-order valence-corrected chi connectivity index (χ4v) is 4.92. The monoisotopic (exact) mass is 376 g/mol. The predicted molar refractivity (Wildman–Crippen MR) is 87.6 cm³/mol. The van der Waals surface area contributed by atoms with Gasteiger partial charge in [-0.25, -0.2) is 8.42 Å². The molecule has 0 radical (unpaired) electrons. The maximum Gasteiger partial charge on any atom is 0.308 e. The van der Waals surface area contributed by atoms with Gasteiger partial charge in [-0.1, -0.05) is 0 Å². The lowest BCUT2D eigenvalue weighted by Gasteiger charge is -2.26. The first-order valence-corrected chi connectivity index (χ1v) is 9.76. The SMILES string of the molecule is CC(NC(=O)c1sccc1S(=O)(=O)N1CCOCC1)C(C)C(=O)O. The molecule has 2 rings (SSSR count). The lowest BCUT2D eigenvalue weighted by atomic mass is 10.0. The Bertz CT molecular complexity index is 709. The molecular formula is C14H20N2O6S2. The average molecular weight is 376 g/mol. The van der Waals surface area contributed by atoms with Gasteiger partial charge in [0.1, 0.15) is 9.77 Å². The van der Waals surface area contributed by atoms with E-state index in [1.807, 2.05) is 0 Å². The van der Waals surface area contributed by atoms with Crippen molar-refractivity contribution in [3.8, 4) is 0 Å². The molecule has 2 atom stereocenters. The van der Waals surface area contributed by atoms with Crippen molar-refractivity contribution in [2.24, 2.45) is 5.92 Å². The van der Waals surface area contributed by atoms with Crippen LogP contribution in [0.25, 0.3) is 0 Å². The molecule has 24 heavy (non-hydrogen) atoms. The van der Waals surface area contributed by atoms with E-state index in [9.17, 15) is 18.0 Å². The lowest BCUT2D eigenvalue weighted by Crippen LogP contribution is -2.42. The molecule has 1 saturated heterocycles. The molecule has 1 amide bonds. The van der Waals surface area contributed by atoms with Crippen LogP contribution >= 0.6 is 11.3 Å². The number of aliphatic carboxylic acids is 1. The van der Waals surface area contributed by atoms with Gasteiger partial charge in [0.15, 0.2) is 0 Å². The number of amides is 1. The zero-order valence-corrected chi connectivity index (χ0v) is 15.0. The number of morpholine rings is 1. The van der Waals surface area contributed by atoms with Crippen molar-refractivity contribution in [2.75, 3.05) is 26.3 Å². The van der Waals surface area contributed by atoms with Crippen LogP contribution in [0.15, 0.2) is 16.3 Å². The van der Waals surface area contributed by atoms with Crippen LogP contribution in [0.4, 0.5) is 0 Å². The molecule has 0 bridgehead atoms. The highest BCUT2D eigenvalue weighted by Gasteiger charge is 2.32. The van der Waals surface area contributed by atoms with Crippen molar-refractivity contribution in [1.29, 1.82) is 0 Å². The highest BCUT2D eigenvalue weighted by atomic mass is 32.2. The molecule has 10 heteroatoms. The third-order valence-electron chi connectivity index (χ3n) is 3.92. The number of nitrogens with one attached hydrogen (secondary N) is 1. The third-order valence-corrected chi connectivity index (χ3v) is 6.90. The van der Waals surface area contributed by atoms with Crippen LogP contribution in [0.1, 0.15) is 23.5 Å². The number of rotatable bonds is 6. The molecule has 1 fully saturated rings. The van der Waals surface area contributed by atoms with E-state index in [0.717, 1.165) is 11.3 Å². The van der Waals surface area contributed by atoms with Crippen molar-refractivity contribution in [3.05, 3.63) is 16.3 Å². The zero-order chi connectivity index (χ0) is 17.9. The van der Waals surface area contributed by atoms with E-state index in [0.29, 0.717) is 13.2 Å². The van der Waals surface area contributed by atoms with Gasteiger partial charge in [0.05, 0.1) is 19.1 Å². The predicted octanol–water partition coefficient (Wildman–Crippen LogP) is 0.608. The topological polar surface area (TPSA) is 113 Å². The molecular weight excluding hydrogens is 356 g/mol. The first-order chi connectivity index (χ1) is 11.2. The summed E-state index contributed by atoms with van der Waals surface area (Å²) in [6.07, 6.45) is 0. The second-order valence-electron chi connectivity index (χ2n) is 5.52. The van der Waals surface area contributed by atoms with Gasteiger partial charge in [-0.3, -0.25) is 9.59 Å². The molecule has 0 spiro atoms. The van der Waals surface area contributed by atoms with Crippen LogP contribution in [0, 0.1) is 5.92 Å². The Kier molecular flexibility index (Phi) is 5.97. The Labute approximate surface area is 144 Å². The Morgan fingerprint density at radius 1 is 1.33 bits per heavy atom. The number of carbonyl (C=O) groups is 2. The Balaban J connectivity index is 2.20. The summed E-state index contributed by atoms with van der Waals surface area (Å²) in [4.78, 5) is 23.4. The third kappa shape index (κ3) is 3.94. The van der Waals surface area contributed by atoms with Crippen LogP contribution in [0.2, 0.25) is 0 Å². The van der Waals surface area contributed by atoms with Crippen molar-refractivity contribution >= 4 is 33.2 Å². The van der Waals surface area contributed by atoms with E-state index in [2.05, 4.69) is 5.32 Å². The Hall–Kier alpha value is -1.49. The summed E-state index contributed by atoms with van der Waals surface area (Å²) in [5, 5.41) is 13.1. The van der Waals surface area contributed by atoms with Crippen LogP contribution in [-0.2, 0) is 19.6 Å². The largest absolute Gasteiger partial charge is 0.481 e. The summed E-state index contributed by atoms with van der Waals surface area (Å²) >= 11 is 1.01. The quantitative estimate of drug-likeness (QED) is 0.752. The first kappa shape index (κ1) is 18.8. The van der Waals surface area contributed by atoms with Gasteiger partial charge in [0, 0.05) is 19.1 Å². The number of ether oxygens (including phenoxy) is 1. The maximum atomic E-state index is 12.7. The number of nitrogens with zero attached hydrogens (tertiary/aromatic N) is 1. The van der Waals surface area contributed by atoms with Gasteiger partial charge in [-0.05, 0) is 25.3 Å². The molecule has 8 nitrogen and oxygen atoms in total. The molecule has 1 aliphatic rings. The minimum absolute atomic E-state index is 0.0536. The highest BCUT2D eigenvalue weighted by Crippen LogP contribution is 2.26. The minimum atomic E-state index is -3.78. The number of thiophene rings is 1. The molecule has 2 N–H and O–H groups in total. The molecule has 1 aliphatic heterocycles. The van der Waals surface area contributed by atoms with Crippen molar-refractivity contribution in [2.45, 2.75) is 24.8 Å². The standard InChI is InChI=1S/C14H20N2O6S2/c1-9(14(18)19)10(2)15-13(17)12-11(3-8-23-12)24(20,21)16-4-6-22-7-5-16/h3,8-10H,4-7H2,1-2H3,(H,15,17)(H,18,19). The van der Waals surface area contributed by atoms with Crippen LogP contribution < -0.4 is 5.32 Å². The summed E-state index contributed by atoms with van der Waals surface area (Å²) in [5.41, 5.74) is 0. The molecule has 0 aromatic carbocycles. The molecule has 134 valence electrons. The van der Waals surface area contributed by atoms with E-state index < -0.39 is 33.9 Å². The zero-order valence-electron chi connectivity index (χ0n) is 13.4. The minimum Gasteiger partial charge on any atom is -0.481 e. The summed E-state index contributed by atoms with van der Waals surface area (Å²) in [6, 6.07) is 0.770. The maximum absolute atomic E-state index is 12.7. The van der Waals surface area contributed by atoms with Gasteiger partial charge in [0.25, 0.3) is 5.91 Å². The smallest absolute Gasteiger partial charge is 0.308 e. The normalized spacial score (nSPS) is 18.8. The van der Waals surface area contributed by atoms with E-state index in [-0.39, 0.29) is 22.9 Å². The van der Waals surface area contributed by atoms with Crippen molar-refractivity contribution in [3.63, 3.8) is 0 Å². The number of hydrogen-bond donors (Lipinski definition) is 2. The number of hydrogen-bond acceptors (Lipinski definition) is 6. The number of carbonyl (C=O) groups excluding carboxylic acids is 1.